The Morgan fingerprint density at radius 1 is 1.00 bits per heavy atom. The molecule has 2 heterocycles. The standard InChI is InChI=1S/C24H40ClF3N6O2/c1-24(2,3)19-11-21(34-36-19)30-23(31-22(35)12-4-5-16(25)17(28)8-12)29-20-10-18(32-33-20)13-6-14(26)9-15(27)7-13/h12-21,32-34H,4-11H2,1-3H3,(H2,29,30,31,35). The lowest BCUT2D eigenvalue weighted by Crippen LogP contribution is -2.52. The van der Waals surface area contributed by atoms with E-state index in [0.717, 1.165) is 0 Å². The van der Waals surface area contributed by atoms with E-state index in [1.54, 1.807) is 0 Å². The fourth-order valence-corrected chi connectivity index (χ4v) is 5.79. The Balaban J connectivity index is 1.41. The van der Waals surface area contributed by atoms with Crippen LogP contribution < -0.4 is 27.0 Å². The molecule has 4 rings (SSSR count). The molecule has 4 aliphatic rings. The van der Waals surface area contributed by atoms with E-state index in [9.17, 15) is 18.0 Å². The summed E-state index contributed by atoms with van der Waals surface area (Å²) in [5.41, 5.74) is 9.11. The fourth-order valence-electron chi connectivity index (χ4n) is 5.56. The fraction of sp³-hybridized carbons (Fsp3) is 0.917. The van der Waals surface area contributed by atoms with Crippen molar-refractivity contribution in [2.24, 2.45) is 22.2 Å². The zero-order valence-corrected chi connectivity index (χ0v) is 22.0. The second kappa shape index (κ2) is 11.7. The number of nitrogens with one attached hydrogen (secondary N) is 5. The molecule has 0 radical (unpaired) electrons. The highest BCUT2D eigenvalue weighted by atomic mass is 35.5. The number of nitrogens with zero attached hydrogens (tertiary/aromatic N) is 1. The molecule has 0 spiro atoms. The maximum absolute atomic E-state index is 14.2. The summed E-state index contributed by atoms with van der Waals surface area (Å²) in [5.74, 6) is -0.694. The van der Waals surface area contributed by atoms with Crippen molar-refractivity contribution < 1.29 is 22.8 Å². The first kappa shape index (κ1) is 27.9. The summed E-state index contributed by atoms with van der Waals surface area (Å²) in [6.45, 7) is 6.26. The van der Waals surface area contributed by atoms with Crippen molar-refractivity contribution in [1.29, 1.82) is 0 Å². The summed E-state index contributed by atoms with van der Waals surface area (Å²) in [7, 11) is 0. The Kier molecular flexibility index (Phi) is 9.08. The maximum Gasteiger partial charge on any atom is 0.229 e. The third-order valence-corrected chi connectivity index (χ3v) is 8.27. The number of carbonyl (C=O) groups excluding carboxylic acids is 1. The average molecular weight is 537 g/mol. The summed E-state index contributed by atoms with van der Waals surface area (Å²) < 4.78 is 42.0. The zero-order chi connectivity index (χ0) is 26.0. The van der Waals surface area contributed by atoms with Crippen LogP contribution in [0.15, 0.2) is 4.99 Å². The molecule has 206 valence electrons. The minimum atomic E-state index is -1.22. The average Bonchev–Trinajstić information content (AvgIpc) is 3.44. The van der Waals surface area contributed by atoms with Crippen LogP contribution in [0.2, 0.25) is 0 Å². The van der Waals surface area contributed by atoms with Gasteiger partial charge in [-0.3, -0.25) is 20.4 Å². The van der Waals surface area contributed by atoms with Crippen LogP contribution in [0.4, 0.5) is 13.2 Å². The first-order chi connectivity index (χ1) is 17.0. The zero-order valence-electron chi connectivity index (χ0n) is 21.2. The molecule has 0 aromatic rings. The van der Waals surface area contributed by atoms with E-state index in [2.05, 4.69) is 52.7 Å². The summed E-state index contributed by atoms with van der Waals surface area (Å²) in [6, 6.07) is -0.128. The summed E-state index contributed by atoms with van der Waals surface area (Å²) in [6.07, 6.45) is -1.42. The van der Waals surface area contributed by atoms with Crippen LogP contribution in [0.3, 0.4) is 0 Å². The number of hydroxylamine groups is 1. The van der Waals surface area contributed by atoms with Gasteiger partial charge < -0.3 is 5.32 Å². The van der Waals surface area contributed by atoms with Crippen LogP contribution in [0, 0.1) is 17.3 Å². The van der Waals surface area contributed by atoms with Crippen LogP contribution in [-0.2, 0) is 9.63 Å². The van der Waals surface area contributed by atoms with Crippen LogP contribution in [0.5, 0.6) is 0 Å². The highest BCUT2D eigenvalue weighted by molar-refractivity contribution is 6.21. The number of rotatable bonds is 4. The van der Waals surface area contributed by atoms with Crippen molar-refractivity contribution in [2.45, 2.75) is 121 Å². The van der Waals surface area contributed by atoms with Gasteiger partial charge in [0.2, 0.25) is 11.9 Å². The van der Waals surface area contributed by atoms with Crippen molar-refractivity contribution in [3.8, 4) is 0 Å². The van der Waals surface area contributed by atoms with Gasteiger partial charge in [0.1, 0.15) is 30.8 Å². The smallest absolute Gasteiger partial charge is 0.229 e. The molecule has 4 fully saturated rings. The van der Waals surface area contributed by atoms with Gasteiger partial charge in [-0.15, -0.1) is 11.6 Å². The third kappa shape index (κ3) is 7.24. The van der Waals surface area contributed by atoms with Crippen molar-refractivity contribution in [3.63, 3.8) is 0 Å². The van der Waals surface area contributed by atoms with Gasteiger partial charge >= 0.3 is 0 Å². The molecule has 0 aromatic carbocycles. The summed E-state index contributed by atoms with van der Waals surface area (Å²) in [5, 5.41) is 5.50. The topological polar surface area (TPSA) is 98.8 Å². The first-order valence-electron chi connectivity index (χ1n) is 13.1. The van der Waals surface area contributed by atoms with Gasteiger partial charge in [0.15, 0.2) is 0 Å². The minimum absolute atomic E-state index is 0.0320. The normalized spacial score (nSPS) is 42.4. The highest BCUT2D eigenvalue weighted by Gasteiger charge is 2.39. The molecule has 36 heavy (non-hydrogen) atoms. The molecule has 0 aromatic heterocycles. The number of carbonyl (C=O) groups is 1. The molecule has 2 saturated heterocycles. The quantitative estimate of drug-likeness (QED) is 0.215. The Labute approximate surface area is 216 Å². The van der Waals surface area contributed by atoms with E-state index < -0.39 is 36.0 Å². The number of hydrazine groups is 1. The molecular formula is C24H40ClF3N6O2. The highest BCUT2D eigenvalue weighted by Crippen LogP contribution is 2.34. The molecule has 1 amide bonds. The Hall–Kier alpha value is -1.14. The van der Waals surface area contributed by atoms with Crippen LogP contribution in [0.1, 0.15) is 72.1 Å². The van der Waals surface area contributed by atoms with Gasteiger partial charge in [-0.05, 0) is 43.4 Å². The summed E-state index contributed by atoms with van der Waals surface area (Å²) in [4.78, 5) is 23.4. The monoisotopic (exact) mass is 536 g/mol. The van der Waals surface area contributed by atoms with E-state index >= 15 is 0 Å². The maximum atomic E-state index is 14.2. The van der Waals surface area contributed by atoms with Gasteiger partial charge in [-0.25, -0.2) is 23.6 Å². The van der Waals surface area contributed by atoms with Crippen LogP contribution >= 0.6 is 11.6 Å². The minimum Gasteiger partial charge on any atom is -0.339 e. The molecule has 2 aliphatic carbocycles. The van der Waals surface area contributed by atoms with Crippen LogP contribution in [-0.4, -0.2) is 60.2 Å². The number of hydrogen-bond acceptors (Lipinski definition) is 6. The predicted molar refractivity (Wildman–Crippen MR) is 132 cm³/mol. The van der Waals surface area contributed by atoms with E-state index in [1.165, 1.54) is 0 Å². The Bertz CT molecular complexity index is 792. The van der Waals surface area contributed by atoms with E-state index in [1.807, 2.05) is 0 Å². The predicted octanol–water partition coefficient (Wildman–Crippen LogP) is 3.13. The molecule has 9 atom stereocenters. The largest absolute Gasteiger partial charge is 0.339 e. The van der Waals surface area contributed by atoms with Gasteiger partial charge in [-0.1, -0.05) is 20.8 Å². The molecular weight excluding hydrogens is 497 g/mol. The molecule has 8 nitrogen and oxygen atoms in total. The Morgan fingerprint density at radius 3 is 2.36 bits per heavy atom. The van der Waals surface area contributed by atoms with Crippen LogP contribution in [0.25, 0.3) is 0 Å². The first-order valence-corrected chi connectivity index (χ1v) is 13.5. The molecule has 12 heteroatoms. The number of hydrogen-bond donors (Lipinski definition) is 5. The lowest BCUT2D eigenvalue weighted by molar-refractivity contribution is -0.125. The van der Waals surface area contributed by atoms with Crippen molar-refractivity contribution in [2.75, 3.05) is 0 Å². The van der Waals surface area contributed by atoms with E-state index in [0.29, 0.717) is 38.5 Å². The van der Waals surface area contributed by atoms with Crippen molar-refractivity contribution in [1.82, 2.24) is 27.0 Å². The van der Waals surface area contributed by atoms with Crippen molar-refractivity contribution >= 4 is 23.5 Å². The third-order valence-electron chi connectivity index (χ3n) is 7.78. The molecule has 9 unspecified atom stereocenters. The number of halogens is 4. The number of guanidine groups is 1. The Morgan fingerprint density at radius 2 is 1.72 bits per heavy atom. The number of aliphatic imine (C=N–C) groups is 1. The van der Waals surface area contributed by atoms with Gasteiger partial charge in [-0.2, -0.15) is 5.48 Å². The lowest BCUT2D eigenvalue weighted by Gasteiger charge is -2.31. The number of alkyl halides is 4. The molecule has 5 N–H and O–H groups in total. The van der Waals surface area contributed by atoms with Crippen molar-refractivity contribution in [3.05, 3.63) is 0 Å². The SMILES string of the molecule is CC(C)(C)C1CC(N/C(=N/C2CC(C3CC(F)CC(F)C3)NN2)NC(=O)C2CCC(Cl)C(F)C2)NO1. The lowest BCUT2D eigenvalue weighted by atomic mass is 9.81. The van der Waals surface area contributed by atoms with Gasteiger partial charge in [0.05, 0.1) is 11.5 Å². The van der Waals surface area contributed by atoms with E-state index in [-0.39, 0.29) is 54.4 Å². The molecule has 2 aliphatic heterocycles. The second-order valence-electron chi connectivity index (χ2n) is 11.8. The van der Waals surface area contributed by atoms with Gasteiger partial charge in [0.25, 0.3) is 0 Å². The summed E-state index contributed by atoms with van der Waals surface area (Å²) >= 11 is 5.99. The second-order valence-corrected chi connectivity index (χ2v) is 12.4. The molecule has 0 bridgehead atoms. The molecule has 2 saturated carbocycles. The van der Waals surface area contributed by atoms with Gasteiger partial charge in [0, 0.05) is 31.2 Å². The van der Waals surface area contributed by atoms with E-state index in [4.69, 9.17) is 16.4 Å². The number of amides is 1.